The lowest BCUT2D eigenvalue weighted by molar-refractivity contribution is -0.132. The molecule has 1 fully saturated rings. The maximum absolute atomic E-state index is 13.2. The summed E-state index contributed by atoms with van der Waals surface area (Å²) >= 11 is 0. The summed E-state index contributed by atoms with van der Waals surface area (Å²) in [5.41, 5.74) is 1.84. The molecule has 1 aliphatic heterocycles. The molecule has 5 nitrogen and oxygen atoms in total. The molecule has 1 saturated heterocycles. The van der Waals surface area contributed by atoms with E-state index in [9.17, 15) is 9.59 Å². The molecule has 1 atom stereocenters. The zero-order valence-electron chi connectivity index (χ0n) is 16.2. The Hall–Kier alpha value is -2.95. The summed E-state index contributed by atoms with van der Waals surface area (Å²) in [6.45, 7) is 1.26. The van der Waals surface area contributed by atoms with Crippen molar-refractivity contribution in [3.63, 3.8) is 0 Å². The van der Waals surface area contributed by atoms with Gasteiger partial charge in [-0.15, -0.1) is 0 Å². The molecule has 28 heavy (non-hydrogen) atoms. The van der Waals surface area contributed by atoms with Crippen LogP contribution in [0.1, 0.15) is 35.2 Å². The summed E-state index contributed by atoms with van der Waals surface area (Å²) in [7, 11) is 1.87. The highest BCUT2D eigenvalue weighted by Crippen LogP contribution is 2.26. The van der Waals surface area contributed by atoms with E-state index in [2.05, 4.69) is 5.10 Å². The van der Waals surface area contributed by atoms with Crippen molar-refractivity contribution in [2.24, 2.45) is 13.0 Å². The fourth-order valence-corrected chi connectivity index (χ4v) is 4.09. The number of likely N-dealkylation sites (tertiary alicyclic amines) is 1. The summed E-state index contributed by atoms with van der Waals surface area (Å²) in [6.07, 6.45) is 6.60. The van der Waals surface area contributed by atoms with Crippen LogP contribution in [0.25, 0.3) is 10.8 Å². The second kappa shape index (κ2) is 7.97. The van der Waals surface area contributed by atoms with Gasteiger partial charge in [0.2, 0.25) is 5.91 Å². The highest BCUT2D eigenvalue weighted by Gasteiger charge is 2.29. The summed E-state index contributed by atoms with van der Waals surface area (Å²) < 4.78 is 1.75. The van der Waals surface area contributed by atoms with Crippen LogP contribution in [0, 0.1) is 5.92 Å². The number of aromatic nitrogens is 2. The molecule has 144 valence electrons. The van der Waals surface area contributed by atoms with E-state index >= 15 is 0 Å². The number of rotatable bonds is 5. The molecule has 2 aromatic carbocycles. The molecule has 1 aromatic heterocycles. The van der Waals surface area contributed by atoms with Gasteiger partial charge in [-0.1, -0.05) is 42.5 Å². The largest absolute Gasteiger partial charge is 0.342 e. The normalized spacial score (nSPS) is 17.0. The van der Waals surface area contributed by atoms with Gasteiger partial charge in [0.25, 0.3) is 0 Å². The Morgan fingerprint density at radius 3 is 2.79 bits per heavy atom. The van der Waals surface area contributed by atoms with Crippen LogP contribution < -0.4 is 0 Å². The van der Waals surface area contributed by atoms with Crippen LogP contribution in [-0.2, 0) is 18.3 Å². The Labute approximate surface area is 165 Å². The predicted molar refractivity (Wildman–Crippen MR) is 109 cm³/mol. The Balaban J connectivity index is 1.44. The molecule has 0 aliphatic carbocycles. The molecule has 2 heterocycles. The lowest BCUT2D eigenvalue weighted by atomic mass is 9.88. The number of benzene rings is 2. The molecular formula is C23H25N3O2. The smallest absolute Gasteiger partial charge is 0.222 e. The number of aryl methyl sites for hydroxylation is 2. The van der Waals surface area contributed by atoms with Crippen LogP contribution in [0.4, 0.5) is 0 Å². The number of hydrogen-bond acceptors (Lipinski definition) is 3. The summed E-state index contributed by atoms with van der Waals surface area (Å²) in [6, 6.07) is 13.9. The van der Waals surface area contributed by atoms with Crippen LogP contribution in [0.5, 0.6) is 0 Å². The highest BCUT2D eigenvalue weighted by molar-refractivity contribution is 6.09. The maximum Gasteiger partial charge on any atom is 0.222 e. The van der Waals surface area contributed by atoms with Crippen LogP contribution in [0.2, 0.25) is 0 Å². The van der Waals surface area contributed by atoms with Crippen LogP contribution in [0.15, 0.2) is 54.9 Å². The first-order valence-corrected chi connectivity index (χ1v) is 9.89. The fraction of sp³-hybridized carbons (Fsp3) is 0.348. The van der Waals surface area contributed by atoms with Gasteiger partial charge in [0, 0.05) is 44.2 Å². The van der Waals surface area contributed by atoms with Gasteiger partial charge in [0.05, 0.1) is 6.20 Å². The molecule has 0 spiro atoms. The number of ketones is 1. The van der Waals surface area contributed by atoms with Crippen molar-refractivity contribution in [2.45, 2.75) is 25.7 Å². The minimum atomic E-state index is -0.123. The minimum absolute atomic E-state index is 0.123. The molecule has 0 N–H and O–H groups in total. The molecule has 0 bridgehead atoms. The molecule has 4 rings (SSSR count). The van der Waals surface area contributed by atoms with E-state index < -0.39 is 0 Å². The third-order valence-corrected chi connectivity index (χ3v) is 5.59. The number of fused-ring (bicyclic) bond motifs is 1. The summed E-state index contributed by atoms with van der Waals surface area (Å²) in [5.74, 6) is 0.155. The van der Waals surface area contributed by atoms with Crippen molar-refractivity contribution in [2.75, 3.05) is 13.1 Å². The number of piperidine rings is 1. The van der Waals surface area contributed by atoms with E-state index in [-0.39, 0.29) is 17.6 Å². The second-order valence-electron chi connectivity index (χ2n) is 7.59. The van der Waals surface area contributed by atoms with Gasteiger partial charge in [-0.25, -0.2) is 0 Å². The first-order chi connectivity index (χ1) is 13.6. The molecule has 0 unspecified atom stereocenters. The van der Waals surface area contributed by atoms with Crippen LogP contribution in [-0.4, -0.2) is 39.5 Å². The summed E-state index contributed by atoms with van der Waals surface area (Å²) in [5, 5.41) is 6.22. The van der Waals surface area contributed by atoms with E-state index in [0.717, 1.165) is 41.3 Å². The number of carbonyl (C=O) groups excluding carboxylic acids is 2. The number of hydrogen-bond donors (Lipinski definition) is 0. The average Bonchev–Trinajstić information content (AvgIpc) is 3.16. The fourth-order valence-electron chi connectivity index (χ4n) is 4.09. The Morgan fingerprint density at radius 2 is 1.96 bits per heavy atom. The first kappa shape index (κ1) is 18.4. The molecule has 3 aromatic rings. The molecule has 0 radical (unpaired) electrons. The molecular weight excluding hydrogens is 350 g/mol. The molecule has 1 aliphatic rings. The standard InChI is InChI=1S/C23H25N3O2/c1-25-15-17(14-24-25)11-12-22(27)26-13-5-8-19(16-26)23(28)21-10-4-7-18-6-2-3-9-20(18)21/h2-4,6-7,9-10,14-15,19H,5,8,11-13,16H2,1H3/t19-/m1/s1. The molecule has 0 saturated carbocycles. The summed E-state index contributed by atoms with van der Waals surface area (Å²) in [4.78, 5) is 27.8. The lowest BCUT2D eigenvalue weighted by Gasteiger charge is -2.32. The van der Waals surface area contributed by atoms with Crippen molar-refractivity contribution in [1.29, 1.82) is 0 Å². The molecule has 1 amide bonds. The zero-order chi connectivity index (χ0) is 19.5. The average molecular weight is 375 g/mol. The predicted octanol–water partition coefficient (Wildman–Crippen LogP) is 3.63. The monoisotopic (exact) mass is 375 g/mol. The zero-order valence-corrected chi connectivity index (χ0v) is 16.2. The highest BCUT2D eigenvalue weighted by atomic mass is 16.2. The van der Waals surface area contributed by atoms with Gasteiger partial charge in [-0.3, -0.25) is 14.3 Å². The first-order valence-electron chi connectivity index (χ1n) is 9.89. The maximum atomic E-state index is 13.2. The number of carbonyl (C=O) groups is 2. The topological polar surface area (TPSA) is 55.2 Å². The van der Waals surface area contributed by atoms with Crippen molar-refractivity contribution >= 4 is 22.5 Å². The Bertz CT molecular complexity index is 1000. The van der Waals surface area contributed by atoms with E-state index in [0.29, 0.717) is 19.4 Å². The van der Waals surface area contributed by atoms with Gasteiger partial charge in [-0.2, -0.15) is 5.10 Å². The van der Waals surface area contributed by atoms with Gasteiger partial charge in [0.15, 0.2) is 5.78 Å². The van der Waals surface area contributed by atoms with Gasteiger partial charge >= 0.3 is 0 Å². The van der Waals surface area contributed by atoms with Crippen LogP contribution in [0.3, 0.4) is 0 Å². The van der Waals surface area contributed by atoms with Gasteiger partial charge in [0.1, 0.15) is 0 Å². The minimum Gasteiger partial charge on any atom is -0.342 e. The van der Waals surface area contributed by atoms with Gasteiger partial charge in [-0.05, 0) is 35.6 Å². The van der Waals surface area contributed by atoms with Crippen molar-refractivity contribution in [1.82, 2.24) is 14.7 Å². The number of Topliss-reactive ketones (excluding diaryl/α,β-unsaturated/α-hetero) is 1. The van der Waals surface area contributed by atoms with Crippen molar-refractivity contribution < 1.29 is 9.59 Å². The lowest BCUT2D eigenvalue weighted by Crippen LogP contribution is -2.42. The Kier molecular flexibility index (Phi) is 5.24. The van der Waals surface area contributed by atoms with Crippen molar-refractivity contribution in [3.05, 3.63) is 66.0 Å². The van der Waals surface area contributed by atoms with E-state index in [1.807, 2.05) is 60.6 Å². The number of amides is 1. The van der Waals surface area contributed by atoms with Crippen molar-refractivity contribution in [3.8, 4) is 0 Å². The van der Waals surface area contributed by atoms with Crippen LogP contribution >= 0.6 is 0 Å². The third kappa shape index (κ3) is 3.84. The second-order valence-corrected chi connectivity index (χ2v) is 7.59. The van der Waals surface area contributed by atoms with E-state index in [1.165, 1.54) is 0 Å². The third-order valence-electron chi connectivity index (χ3n) is 5.59. The van der Waals surface area contributed by atoms with E-state index in [1.54, 1.807) is 10.9 Å². The SMILES string of the molecule is Cn1cc(CCC(=O)N2CCC[C@@H](C(=O)c3cccc4ccccc34)C2)cn1. The quantitative estimate of drug-likeness (QED) is 0.640. The van der Waals surface area contributed by atoms with E-state index in [4.69, 9.17) is 0 Å². The number of nitrogens with zero attached hydrogens (tertiary/aromatic N) is 3. The molecule has 5 heteroatoms. The van der Waals surface area contributed by atoms with Gasteiger partial charge < -0.3 is 4.90 Å². The Morgan fingerprint density at radius 1 is 1.14 bits per heavy atom.